The van der Waals surface area contributed by atoms with E-state index >= 15 is 0 Å². The highest BCUT2D eigenvalue weighted by Gasteiger charge is 2.17. The summed E-state index contributed by atoms with van der Waals surface area (Å²) in [6, 6.07) is 0. The number of hydrogen-bond donors (Lipinski definition) is 2. The van der Waals surface area contributed by atoms with Crippen molar-refractivity contribution in [3.05, 3.63) is 17.7 Å². The number of nitrogens with one attached hydrogen (secondary N) is 1. The molecule has 2 rings (SSSR count). The Balaban J connectivity index is 1.93. The second-order valence-electron chi connectivity index (χ2n) is 4.51. The van der Waals surface area contributed by atoms with Gasteiger partial charge in [-0.1, -0.05) is 19.3 Å². The average Bonchev–Trinajstić information content (AvgIpc) is 2.76. The zero-order chi connectivity index (χ0) is 11.4. The zero-order valence-electron chi connectivity index (χ0n) is 9.41. The lowest BCUT2D eigenvalue weighted by atomic mass is 9.87. The van der Waals surface area contributed by atoms with Gasteiger partial charge in [0.1, 0.15) is 5.82 Å². The minimum atomic E-state index is -0.768. The fourth-order valence-corrected chi connectivity index (χ4v) is 2.35. The lowest BCUT2D eigenvalue weighted by Crippen LogP contribution is -2.05. The van der Waals surface area contributed by atoms with E-state index in [1.165, 1.54) is 37.8 Å². The van der Waals surface area contributed by atoms with Gasteiger partial charge in [-0.25, -0.2) is 4.98 Å². The lowest BCUT2D eigenvalue weighted by molar-refractivity contribution is -0.137. The number of aromatic amines is 1. The van der Waals surface area contributed by atoms with Crippen molar-refractivity contribution in [2.24, 2.45) is 0 Å². The van der Waals surface area contributed by atoms with Crippen LogP contribution in [0.5, 0.6) is 0 Å². The number of H-pyrrole nitrogens is 1. The van der Waals surface area contributed by atoms with Crippen LogP contribution in [0.15, 0.2) is 6.20 Å². The van der Waals surface area contributed by atoms with Gasteiger partial charge in [-0.2, -0.15) is 0 Å². The van der Waals surface area contributed by atoms with Gasteiger partial charge in [0.05, 0.1) is 6.42 Å². The van der Waals surface area contributed by atoms with Crippen LogP contribution in [-0.2, 0) is 11.2 Å². The molecule has 16 heavy (non-hydrogen) atoms. The van der Waals surface area contributed by atoms with E-state index < -0.39 is 5.97 Å². The first-order chi connectivity index (χ1) is 7.75. The first-order valence-corrected chi connectivity index (χ1v) is 6.01. The van der Waals surface area contributed by atoms with E-state index in [1.807, 2.05) is 6.20 Å². The third-order valence-corrected chi connectivity index (χ3v) is 3.27. The van der Waals surface area contributed by atoms with E-state index in [0.29, 0.717) is 12.3 Å². The summed E-state index contributed by atoms with van der Waals surface area (Å²) in [7, 11) is 0. The van der Waals surface area contributed by atoms with E-state index in [9.17, 15) is 4.79 Å². The molecule has 1 aliphatic carbocycles. The molecule has 0 spiro atoms. The van der Waals surface area contributed by atoms with Crippen LogP contribution in [0.4, 0.5) is 0 Å². The smallest absolute Gasteiger partial charge is 0.303 e. The maximum absolute atomic E-state index is 10.4. The predicted molar refractivity (Wildman–Crippen MR) is 60.4 cm³/mol. The SMILES string of the molecule is O=C(O)CCc1ncc(C2CCCCC2)[nH]1. The van der Waals surface area contributed by atoms with Crippen molar-refractivity contribution in [2.45, 2.75) is 50.9 Å². The predicted octanol–water partition coefficient (Wildman–Crippen LogP) is 2.47. The molecule has 0 atom stereocenters. The first-order valence-electron chi connectivity index (χ1n) is 6.01. The van der Waals surface area contributed by atoms with Crippen molar-refractivity contribution < 1.29 is 9.90 Å². The fraction of sp³-hybridized carbons (Fsp3) is 0.667. The largest absolute Gasteiger partial charge is 0.481 e. The molecule has 1 aromatic heterocycles. The minimum absolute atomic E-state index is 0.150. The van der Waals surface area contributed by atoms with Crippen LogP contribution < -0.4 is 0 Å². The third kappa shape index (κ3) is 2.84. The molecular weight excluding hydrogens is 204 g/mol. The fourth-order valence-electron chi connectivity index (χ4n) is 2.35. The molecule has 0 unspecified atom stereocenters. The van der Waals surface area contributed by atoms with Gasteiger partial charge in [0.15, 0.2) is 0 Å². The van der Waals surface area contributed by atoms with Gasteiger partial charge in [-0.3, -0.25) is 4.79 Å². The topological polar surface area (TPSA) is 66.0 Å². The van der Waals surface area contributed by atoms with Gasteiger partial charge in [0.2, 0.25) is 0 Å². The molecule has 0 aliphatic heterocycles. The van der Waals surface area contributed by atoms with Crippen LogP contribution in [0.2, 0.25) is 0 Å². The molecular formula is C12H18N2O2. The van der Waals surface area contributed by atoms with Crippen molar-refractivity contribution >= 4 is 5.97 Å². The third-order valence-electron chi connectivity index (χ3n) is 3.27. The minimum Gasteiger partial charge on any atom is -0.481 e. The number of aliphatic carboxylic acids is 1. The van der Waals surface area contributed by atoms with Gasteiger partial charge in [0.25, 0.3) is 0 Å². The molecule has 0 bridgehead atoms. The van der Waals surface area contributed by atoms with E-state index in [2.05, 4.69) is 9.97 Å². The molecule has 88 valence electrons. The Labute approximate surface area is 95.1 Å². The maximum Gasteiger partial charge on any atom is 0.303 e. The Hall–Kier alpha value is -1.32. The van der Waals surface area contributed by atoms with Crippen molar-refractivity contribution in [3.8, 4) is 0 Å². The normalized spacial score (nSPS) is 17.5. The first kappa shape index (κ1) is 11.2. The summed E-state index contributed by atoms with van der Waals surface area (Å²) >= 11 is 0. The summed E-state index contributed by atoms with van der Waals surface area (Å²) in [5.74, 6) is 0.651. The number of rotatable bonds is 4. The standard InChI is InChI=1S/C12H18N2O2/c15-12(16)7-6-11-13-8-10(14-11)9-4-2-1-3-5-9/h8-9H,1-7H2,(H,13,14)(H,15,16). The molecule has 0 saturated heterocycles. The number of hydrogen-bond acceptors (Lipinski definition) is 2. The van der Waals surface area contributed by atoms with Gasteiger partial charge < -0.3 is 10.1 Å². The van der Waals surface area contributed by atoms with Crippen molar-refractivity contribution in [1.82, 2.24) is 9.97 Å². The van der Waals surface area contributed by atoms with Crippen molar-refractivity contribution in [2.75, 3.05) is 0 Å². The Bertz CT molecular complexity index is 354. The number of imidazole rings is 1. The molecule has 1 saturated carbocycles. The summed E-state index contributed by atoms with van der Waals surface area (Å²) in [4.78, 5) is 17.9. The van der Waals surface area contributed by atoms with Gasteiger partial charge in [0, 0.05) is 24.2 Å². The summed E-state index contributed by atoms with van der Waals surface area (Å²) < 4.78 is 0. The number of carbonyl (C=O) groups is 1. The van der Waals surface area contributed by atoms with Crippen LogP contribution >= 0.6 is 0 Å². The Morgan fingerprint density at radius 2 is 2.19 bits per heavy atom. The lowest BCUT2D eigenvalue weighted by Gasteiger charge is -2.19. The van der Waals surface area contributed by atoms with E-state index in [-0.39, 0.29) is 6.42 Å². The average molecular weight is 222 g/mol. The quantitative estimate of drug-likeness (QED) is 0.822. The van der Waals surface area contributed by atoms with Gasteiger partial charge in [-0.05, 0) is 12.8 Å². The number of aromatic nitrogens is 2. The molecule has 1 aliphatic rings. The van der Waals surface area contributed by atoms with E-state index in [1.54, 1.807) is 0 Å². The van der Waals surface area contributed by atoms with Crippen LogP contribution in [0.1, 0.15) is 56.0 Å². The van der Waals surface area contributed by atoms with Crippen LogP contribution in [0, 0.1) is 0 Å². The molecule has 1 heterocycles. The van der Waals surface area contributed by atoms with Crippen molar-refractivity contribution in [3.63, 3.8) is 0 Å². The molecule has 4 heteroatoms. The second kappa shape index (κ2) is 5.14. The highest BCUT2D eigenvalue weighted by molar-refractivity contribution is 5.66. The number of carboxylic acid groups (broad SMARTS) is 1. The summed E-state index contributed by atoms with van der Waals surface area (Å²) in [6.45, 7) is 0. The monoisotopic (exact) mass is 222 g/mol. The van der Waals surface area contributed by atoms with Crippen LogP contribution in [-0.4, -0.2) is 21.0 Å². The van der Waals surface area contributed by atoms with Gasteiger partial charge in [-0.15, -0.1) is 0 Å². The molecule has 1 aromatic rings. The number of carboxylic acids is 1. The van der Waals surface area contributed by atoms with Crippen LogP contribution in [0.3, 0.4) is 0 Å². The molecule has 0 aromatic carbocycles. The molecule has 0 amide bonds. The summed E-state index contributed by atoms with van der Waals surface area (Å²) in [5, 5.41) is 8.59. The Kier molecular flexibility index (Phi) is 3.59. The second-order valence-corrected chi connectivity index (χ2v) is 4.51. The number of nitrogens with zero attached hydrogens (tertiary/aromatic N) is 1. The highest BCUT2D eigenvalue weighted by Crippen LogP contribution is 2.31. The molecule has 2 N–H and O–H groups in total. The van der Waals surface area contributed by atoms with E-state index in [4.69, 9.17) is 5.11 Å². The van der Waals surface area contributed by atoms with Crippen molar-refractivity contribution in [1.29, 1.82) is 0 Å². The highest BCUT2D eigenvalue weighted by atomic mass is 16.4. The number of aryl methyl sites for hydroxylation is 1. The van der Waals surface area contributed by atoms with E-state index in [0.717, 1.165) is 5.82 Å². The zero-order valence-corrected chi connectivity index (χ0v) is 9.41. The molecule has 1 fully saturated rings. The van der Waals surface area contributed by atoms with Crippen LogP contribution in [0.25, 0.3) is 0 Å². The Morgan fingerprint density at radius 1 is 1.44 bits per heavy atom. The molecule has 4 nitrogen and oxygen atoms in total. The maximum atomic E-state index is 10.4. The Morgan fingerprint density at radius 3 is 2.88 bits per heavy atom. The van der Waals surface area contributed by atoms with Gasteiger partial charge >= 0.3 is 5.97 Å². The molecule has 0 radical (unpaired) electrons. The summed E-state index contributed by atoms with van der Waals surface area (Å²) in [5.41, 5.74) is 1.19. The summed E-state index contributed by atoms with van der Waals surface area (Å²) in [6.07, 6.45) is 8.95.